The molecule has 3 aliphatic rings. The van der Waals surface area contributed by atoms with Gasteiger partial charge in [0.25, 0.3) is 0 Å². The number of pyridine rings is 1. The predicted molar refractivity (Wildman–Crippen MR) is 129 cm³/mol. The van der Waals surface area contributed by atoms with E-state index in [1.165, 1.54) is 37.6 Å². The Morgan fingerprint density at radius 3 is 2.81 bits per heavy atom. The van der Waals surface area contributed by atoms with Gasteiger partial charge in [0.15, 0.2) is 0 Å². The Balaban J connectivity index is 1.07. The highest BCUT2D eigenvalue weighted by molar-refractivity contribution is 8.13. The number of nitrogens with zero attached hydrogens (tertiary/aromatic N) is 3. The minimum absolute atomic E-state index is 0.102. The number of rotatable bonds is 6. The van der Waals surface area contributed by atoms with Crippen LogP contribution in [-0.4, -0.2) is 46.0 Å². The number of benzene rings is 1. The maximum absolute atomic E-state index is 13.2. The average molecular weight is 453 g/mol. The standard InChI is InChI=1S/C25H29FN4OS/c1-17-13-22(19-5-8-23(31)27-15-19)28-29-24(17)32-12-2-10-30-11-9-25(16-30)14-21(25)18-3-6-20(26)7-4-18/h3-8,15,17,21H,2,9-14,16H2,1H3,(H,27,31). The third-order valence-corrected chi connectivity index (χ3v) is 8.38. The van der Waals surface area contributed by atoms with Gasteiger partial charge in [0.1, 0.15) is 5.82 Å². The van der Waals surface area contributed by atoms with E-state index in [4.69, 9.17) is 0 Å². The first-order valence-electron chi connectivity index (χ1n) is 11.5. The molecule has 3 unspecified atom stereocenters. The summed E-state index contributed by atoms with van der Waals surface area (Å²) in [6, 6.07) is 10.4. The predicted octanol–water partition coefficient (Wildman–Crippen LogP) is 4.66. The normalized spacial score (nSPS) is 27.4. The lowest BCUT2D eigenvalue weighted by Gasteiger charge is -2.19. The van der Waals surface area contributed by atoms with Gasteiger partial charge in [-0.1, -0.05) is 19.1 Å². The molecule has 3 heterocycles. The molecule has 1 N–H and O–H groups in total. The van der Waals surface area contributed by atoms with E-state index in [2.05, 4.69) is 27.0 Å². The molecule has 0 bridgehead atoms. The summed E-state index contributed by atoms with van der Waals surface area (Å²) < 4.78 is 13.2. The van der Waals surface area contributed by atoms with E-state index in [9.17, 15) is 9.18 Å². The van der Waals surface area contributed by atoms with E-state index in [1.54, 1.807) is 24.4 Å². The van der Waals surface area contributed by atoms with Crippen molar-refractivity contribution in [3.05, 3.63) is 69.9 Å². The summed E-state index contributed by atoms with van der Waals surface area (Å²) in [6.45, 7) is 5.66. The molecule has 2 fully saturated rings. The highest BCUT2D eigenvalue weighted by Crippen LogP contribution is 2.64. The Bertz CT molecular complexity index is 1080. The zero-order valence-corrected chi connectivity index (χ0v) is 19.2. The minimum atomic E-state index is -0.149. The Kier molecular flexibility index (Phi) is 6.03. The number of thioether (sulfide) groups is 1. The smallest absolute Gasteiger partial charge is 0.247 e. The lowest BCUT2D eigenvalue weighted by Crippen LogP contribution is -2.23. The summed E-state index contributed by atoms with van der Waals surface area (Å²) >= 11 is 1.83. The SMILES string of the molecule is CC1CC(c2ccc(=O)[nH]c2)=NN=C1SCCCN1CCC2(CC2c2ccc(F)cc2)C1. The third-order valence-electron chi connectivity index (χ3n) is 7.10. The molecule has 5 rings (SSSR count). The fraction of sp³-hybridized carbons (Fsp3) is 0.480. The second-order valence-corrected chi connectivity index (χ2v) is 10.5. The van der Waals surface area contributed by atoms with Crippen molar-refractivity contribution >= 4 is 22.5 Å². The quantitative estimate of drug-likeness (QED) is 0.649. The first-order valence-corrected chi connectivity index (χ1v) is 12.5. The molecule has 0 radical (unpaired) electrons. The molecular formula is C25H29FN4OS. The van der Waals surface area contributed by atoms with Gasteiger partial charge in [-0.3, -0.25) is 4.79 Å². The highest BCUT2D eigenvalue weighted by Gasteiger charge is 2.57. The Hall–Kier alpha value is -2.25. The van der Waals surface area contributed by atoms with Crippen LogP contribution in [0, 0.1) is 17.2 Å². The molecule has 7 heteroatoms. The lowest BCUT2D eigenvalue weighted by molar-refractivity contribution is 0.319. The monoisotopic (exact) mass is 452 g/mol. The van der Waals surface area contributed by atoms with Gasteiger partial charge < -0.3 is 9.88 Å². The first kappa shape index (κ1) is 21.6. The zero-order chi connectivity index (χ0) is 22.1. The van der Waals surface area contributed by atoms with Crippen LogP contribution < -0.4 is 5.56 Å². The van der Waals surface area contributed by atoms with E-state index >= 15 is 0 Å². The summed E-state index contributed by atoms with van der Waals surface area (Å²) in [7, 11) is 0. The highest BCUT2D eigenvalue weighted by atomic mass is 32.2. The molecule has 0 amide bonds. The molecule has 32 heavy (non-hydrogen) atoms. The van der Waals surface area contributed by atoms with Crippen LogP contribution in [0.3, 0.4) is 0 Å². The van der Waals surface area contributed by atoms with Gasteiger partial charge in [-0.15, -0.1) is 16.9 Å². The van der Waals surface area contributed by atoms with Crippen molar-refractivity contribution in [3.8, 4) is 0 Å². The van der Waals surface area contributed by atoms with Crippen molar-refractivity contribution in [2.75, 3.05) is 25.4 Å². The second kappa shape index (κ2) is 8.94. The fourth-order valence-electron chi connectivity index (χ4n) is 5.17. The molecule has 1 aromatic heterocycles. The van der Waals surface area contributed by atoms with Crippen LogP contribution in [0.1, 0.15) is 49.7 Å². The van der Waals surface area contributed by atoms with Crippen LogP contribution in [-0.2, 0) is 0 Å². The van der Waals surface area contributed by atoms with Crippen molar-refractivity contribution in [3.63, 3.8) is 0 Å². The summed E-state index contributed by atoms with van der Waals surface area (Å²) in [5.74, 6) is 1.86. The van der Waals surface area contributed by atoms with Crippen molar-refractivity contribution < 1.29 is 4.39 Å². The van der Waals surface area contributed by atoms with Crippen LogP contribution in [0.2, 0.25) is 0 Å². The van der Waals surface area contributed by atoms with E-state index < -0.39 is 0 Å². The minimum Gasteiger partial charge on any atom is -0.328 e. The first-order chi connectivity index (χ1) is 15.5. The average Bonchev–Trinajstić information content (AvgIpc) is 3.34. The molecule has 5 nitrogen and oxygen atoms in total. The number of aromatic amines is 1. The summed E-state index contributed by atoms with van der Waals surface area (Å²) in [4.78, 5) is 16.6. The number of halogens is 1. The van der Waals surface area contributed by atoms with Crippen LogP contribution in [0.25, 0.3) is 0 Å². The van der Waals surface area contributed by atoms with Crippen LogP contribution >= 0.6 is 11.8 Å². The van der Waals surface area contributed by atoms with Gasteiger partial charge in [-0.2, -0.15) is 5.10 Å². The molecule has 1 aromatic carbocycles. The molecule has 3 atom stereocenters. The van der Waals surface area contributed by atoms with E-state index in [0.29, 0.717) is 17.3 Å². The van der Waals surface area contributed by atoms with Crippen molar-refractivity contribution in [1.82, 2.24) is 9.88 Å². The molecule has 1 saturated carbocycles. The van der Waals surface area contributed by atoms with Gasteiger partial charge in [0, 0.05) is 42.5 Å². The van der Waals surface area contributed by atoms with Crippen LogP contribution in [0.5, 0.6) is 0 Å². The molecule has 1 spiro atoms. The number of hydrogen-bond acceptors (Lipinski definition) is 5. The summed E-state index contributed by atoms with van der Waals surface area (Å²) in [6.07, 6.45) is 6.20. The number of aromatic nitrogens is 1. The number of hydrogen-bond donors (Lipinski definition) is 1. The van der Waals surface area contributed by atoms with Gasteiger partial charge in [-0.05, 0) is 67.4 Å². The van der Waals surface area contributed by atoms with Gasteiger partial charge in [0.05, 0.1) is 10.8 Å². The fourth-order valence-corrected chi connectivity index (χ4v) is 6.12. The molecule has 2 aromatic rings. The maximum Gasteiger partial charge on any atom is 0.247 e. The largest absolute Gasteiger partial charge is 0.328 e. The van der Waals surface area contributed by atoms with Gasteiger partial charge in [-0.25, -0.2) is 4.39 Å². The summed E-state index contributed by atoms with van der Waals surface area (Å²) in [5.41, 5.74) is 3.50. The molecule has 1 saturated heterocycles. The van der Waals surface area contributed by atoms with E-state index in [0.717, 1.165) is 41.5 Å². The topological polar surface area (TPSA) is 60.8 Å². The number of nitrogens with one attached hydrogen (secondary N) is 1. The number of H-pyrrole nitrogens is 1. The Morgan fingerprint density at radius 2 is 2.06 bits per heavy atom. The number of likely N-dealkylation sites (tertiary alicyclic amines) is 1. The van der Waals surface area contributed by atoms with Gasteiger partial charge in [0.2, 0.25) is 5.56 Å². The van der Waals surface area contributed by atoms with Crippen LogP contribution in [0.4, 0.5) is 4.39 Å². The van der Waals surface area contributed by atoms with E-state index in [-0.39, 0.29) is 11.4 Å². The Labute approximate surface area is 192 Å². The maximum atomic E-state index is 13.2. The zero-order valence-electron chi connectivity index (χ0n) is 18.4. The Morgan fingerprint density at radius 1 is 1.22 bits per heavy atom. The molecular weight excluding hydrogens is 423 g/mol. The van der Waals surface area contributed by atoms with E-state index in [1.807, 2.05) is 23.9 Å². The lowest BCUT2D eigenvalue weighted by atomic mass is 9.98. The van der Waals surface area contributed by atoms with Gasteiger partial charge >= 0.3 is 0 Å². The van der Waals surface area contributed by atoms with Crippen molar-refractivity contribution in [2.24, 2.45) is 21.5 Å². The third kappa shape index (κ3) is 4.59. The van der Waals surface area contributed by atoms with Crippen molar-refractivity contribution in [2.45, 2.75) is 38.5 Å². The van der Waals surface area contributed by atoms with Crippen LogP contribution in [0.15, 0.2) is 57.6 Å². The van der Waals surface area contributed by atoms with Crippen molar-refractivity contribution in [1.29, 1.82) is 0 Å². The second-order valence-electron chi connectivity index (χ2n) is 9.43. The molecule has 2 aliphatic heterocycles. The molecule has 168 valence electrons. The summed E-state index contributed by atoms with van der Waals surface area (Å²) in [5, 5.41) is 10.00. The molecule has 1 aliphatic carbocycles.